The molecule has 2 rings (SSSR count). The summed E-state index contributed by atoms with van der Waals surface area (Å²) in [6, 6.07) is 7.16. The number of benzene rings is 1. The van der Waals surface area contributed by atoms with Crippen molar-refractivity contribution in [3.63, 3.8) is 0 Å². The van der Waals surface area contributed by atoms with Crippen molar-refractivity contribution < 1.29 is 14.6 Å². The van der Waals surface area contributed by atoms with E-state index in [0.29, 0.717) is 11.5 Å². The summed E-state index contributed by atoms with van der Waals surface area (Å²) in [6.07, 6.45) is 1.07. The summed E-state index contributed by atoms with van der Waals surface area (Å²) < 4.78 is 5.57. The lowest BCUT2D eigenvalue weighted by Crippen LogP contribution is -2.39. The van der Waals surface area contributed by atoms with Gasteiger partial charge in [-0.15, -0.1) is 0 Å². The van der Waals surface area contributed by atoms with Gasteiger partial charge in [0.1, 0.15) is 5.75 Å². The Balaban J connectivity index is 2.09. The van der Waals surface area contributed by atoms with Crippen molar-refractivity contribution in [2.45, 2.75) is 39.3 Å². The third-order valence-corrected chi connectivity index (χ3v) is 3.80. The molecule has 0 radical (unpaired) electrons. The summed E-state index contributed by atoms with van der Waals surface area (Å²) in [5, 5.41) is 9.43. The van der Waals surface area contributed by atoms with Crippen LogP contribution >= 0.6 is 0 Å². The van der Waals surface area contributed by atoms with E-state index in [9.17, 15) is 9.90 Å². The van der Waals surface area contributed by atoms with E-state index >= 15 is 0 Å². The van der Waals surface area contributed by atoms with Crippen LogP contribution in [0.4, 0.5) is 0 Å². The molecule has 0 aromatic heterocycles. The summed E-state index contributed by atoms with van der Waals surface area (Å²) >= 11 is 0. The van der Waals surface area contributed by atoms with Gasteiger partial charge >= 0.3 is 0 Å². The molecule has 2 atom stereocenters. The van der Waals surface area contributed by atoms with Gasteiger partial charge in [0, 0.05) is 12.1 Å². The normalized spacial score (nSPS) is 22.4. The van der Waals surface area contributed by atoms with E-state index in [2.05, 4.69) is 6.92 Å². The fraction of sp³-hybridized carbons (Fsp3) is 0.562. The van der Waals surface area contributed by atoms with Crippen LogP contribution in [0.15, 0.2) is 24.3 Å². The summed E-state index contributed by atoms with van der Waals surface area (Å²) in [4.78, 5) is 14.3. The zero-order valence-electron chi connectivity index (χ0n) is 12.4. The predicted molar refractivity (Wildman–Crippen MR) is 77.9 cm³/mol. The number of amides is 1. The molecule has 20 heavy (non-hydrogen) atoms. The Morgan fingerprint density at radius 2 is 2.05 bits per heavy atom. The smallest absolute Gasteiger partial charge is 0.254 e. The Kier molecular flexibility index (Phi) is 4.65. The second-order valence-corrected chi connectivity index (χ2v) is 5.71. The second-order valence-electron chi connectivity index (χ2n) is 5.71. The average Bonchev–Trinajstić information content (AvgIpc) is 2.79. The Labute approximate surface area is 120 Å². The number of carbonyl (C=O) groups is 1. The largest absolute Gasteiger partial charge is 0.491 e. The van der Waals surface area contributed by atoms with Crippen LogP contribution < -0.4 is 4.74 Å². The summed E-state index contributed by atoms with van der Waals surface area (Å²) in [7, 11) is 0. The van der Waals surface area contributed by atoms with Crippen molar-refractivity contribution in [1.82, 2.24) is 4.90 Å². The van der Waals surface area contributed by atoms with Crippen molar-refractivity contribution in [3.8, 4) is 5.75 Å². The molecular formula is C16H23NO3. The van der Waals surface area contributed by atoms with Crippen LogP contribution in [0.5, 0.6) is 5.75 Å². The molecule has 1 N–H and O–H groups in total. The zero-order valence-corrected chi connectivity index (χ0v) is 12.4. The van der Waals surface area contributed by atoms with E-state index in [1.54, 1.807) is 17.0 Å². The van der Waals surface area contributed by atoms with Gasteiger partial charge in [0.05, 0.1) is 18.8 Å². The van der Waals surface area contributed by atoms with Crippen molar-refractivity contribution in [3.05, 3.63) is 29.8 Å². The van der Waals surface area contributed by atoms with Crippen LogP contribution in [-0.2, 0) is 0 Å². The molecule has 4 heteroatoms. The highest BCUT2D eigenvalue weighted by Gasteiger charge is 2.34. The van der Waals surface area contributed by atoms with Gasteiger partial charge in [-0.2, -0.15) is 0 Å². The van der Waals surface area contributed by atoms with E-state index in [1.165, 1.54) is 0 Å². The standard InChI is InChI=1S/C16H23NO3/c1-11(2)20-14-6-4-13(5-7-14)16(19)17-9-8-12(3)15(17)10-18/h4-7,11-12,15,18H,8-10H2,1-3H3. The van der Waals surface area contributed by atoms with E-state index in [0.717, 1.165) is 18.7 Å². The molecular weight excluding hydrogens is 254 g/mol. The molecule has 0 saturated carbocycles. The Bertz CT molecular complexity index is 455. The van der Waals surface area contributed by atoms with Crippen LogP contribution in [0, 0.1) is 5.92 Å². The number of carbonyl (C=O) groups excluding carboxylic acids is 1. The topological polar surface area (TPSA) is 49.8 Å². The van der Waals surface area contributed by atoms with Gasteiger partial charge in [-0.1, -0.05) is 6.92 Å². The Morgan fingerprint density at radius 3 is 2.60 bits per heavy atom. The number of hydrogen-bond acceptors (Lipinski definition) is 3. The van der Waals surface area contributed by atoms with Gasteiger partial charge in [-0.25, -0.2) is 0 Å². The molecule has 1 amide bonds. The molecule has 110 valence electrons. The highest BCUT2D eigenvalue weighted by molar-refractivity contribution is 5.94. The molecule has 2 unspecified atom stereocenters. The monoisotopic (exact) mass is 277 g/mol. The Hall–Kier alpha value is -1.55. The molecule has 1 aromatic carbocycles. The number of likely N-dealkylation sites (tertiary alicyclic amines) is 1. The maximum atomic E-state index is 12.5. The number of aliphatic hydroxyl groups is 1. The second kappa shape index (κ2) is 6.27. The lowest BCUT2D eigenvalue weighted by Gasteiger charge is -2.25. The van der Waals surface area contributed by atoms with Gasteiger partial charge in [0.15, 0.2) is 0 Å². The number of rotatable bonds is 4. The van der Waals surface area contributed by atoms with Crippen LogP contribution in [0.2, 0.25) is 0 Å². The summed E-state index contributed by atoms with van der Waals surface area (Å²) in [6.45, 7) is 6.76. The minimum atomic E-state index is -0.0610. The van der Waals surface area contributed by atoms with Gasteiger partial charge in [-0.3, -0.25) is 4.79 Å². The van der Waals surface area contributed by atoms with Gasteiger partial charge in [0.25, 0.3) is 5.91 Å². The highest BCUT2D eigenvalue weighted by Crippen LogP contribution is 2.26. The maximum Gasteiger partial charge on any atom is 0.254 e. The van der Waals surface area contributed by atoms with Crippen LogP contribution in [0.25, 0.3) is 0 Å². The highest BCUT2D eigenvalue weighted by atomic mass is 16.5. The number of ether oxygens (including phenoxy) is 1. The van der Waals surface area contributed by atoms with Crippen LogP contribution in [0.1, 0.15) is 37.6 Å². The van der Waals surface area contributed by atoms with Crippen LogP contribution in [0.3, 0.4) is 0 Å². The first-order chi connectivity index (χ1) is 9.52. The third-order valence-electron chi connectivity index (χ3n) is 3.80. The number of hydrogen-bond donors (Lipinski definition) is 1. The molecule has 1 saturated heterocycles. The van der Waals surface area contributed by atoms with E-state index in [4.69, 9.17) is 4.74 Å². The van der Waals surface area contributed by atoms with Gasteiger partial charge in [-0.05, 0) is 50.5 Å². The SMILES string of the molecule is CC(C)Oc1ccc(C(=O)N2CCC(C)C2CO)cc1. The first-order valence-corrected chi connectivity index (χ1v) is 7.21. The van der Waals surface area contributed by atoms with Crippen molar-refractivity contribution in [1.29, 1.82) is 0 Å². The first kappa shape index (κ1) is 14.9. The molecule has 0 aliphatic carbocycles. The van der Waals surface area contributed by atoms with Gasteiger partial charge < -0.3 is 14.7 Å². The molecule has 0 bridgehead atoms. The molecule has 0 spiro atoms. The minimum absolute atomic E-state index is 0.00973. The molecule has 1 aliphatic rings. The van der Waals surface area contributed by atoms with Gasteiger partial charge in [0.2, 0.25) is 0 Å². The summed E-state index contributed by atoms with van der Waals surface area (Å²) in [5.41, 5.74) is 0.647. The number of nitrogens with zero attached hydrogens (tertiary/aromatic N) is 1. The van der Waals surface area contributed by atoms with E-state index in [-0.39, 0.29) is 24.7 Å². The van der Waals surface area contributed by atoms with E-state index in [1.807, 2.05) is 26.0 Å². The lowest BCUT2D eigenvalue weighted by molar-refractivity contribution is 0.0648. The first-order valence-electron chi connectivity index (χ1n) is 7.21. The number of aliphatic hydroxyl groups excluding tert-OH is 1. The fourth-order valence-corrected chi connectivity index (χ4v) is 2.65. The molecule has 4 nitrogen and oxygen atoms in total. The molecule has 1 aliphatic heterocycles. The van der Waals surface area contributed by atoms with E-state index < -0.39 is 0 Å². The average molecular weight is 277 g/mol. The molecule has 1 fully saturated rings. The lowest BCUT2D eigenvalue weighted by atomic mass is 10.0. The zero-order chi connectivity index (χ0) is 14.7. The Morgan fingerprint density at radius 1 is 1.40 bits per heavy atom. The summed E-state index contributed by atoms with van der Waals surface area (Å²) in [5.74, 6) is 1.11. The van der Waals surface area contributed by atoms with Crippen molar-refractivity contribution in [2.24, 2.45) is 5.92 Å². The molecule has 1 heterocycles. The third kappa shape index (κ3) is 3.12. The predicted octanol–water partition coefficient (Wildman–Crippen LogP) is 2.32. The van der Waals surface area contributed by atoms with Crippen LogP contribution in [-0.4, -0.2) is 41.2 Å². The minimum Gasteiger partial charge on any atom is -0.491 e. The quantitative estimate of drug-likeness (QED) is 0.919. The maximum absolute atomic E-state index is 12.5. The van der Waals surface area contributed by atoms with Crippen molar-refractivity contribution >= 4 is 5.91 Å². The fourth-order valence-electron chi connectivity index (χ4n) is 2.65. The van der Waals surface area contributed by atoms with Crippen molar-refractivity contribution in [2.75, 3.05) is 13.2 Å². The molecule has 1 aromatic rings.